The summed E-state index contributed by atoms with van der Waals surface area (Å²) in [5, 5.41) is 14.0. The lowest BCUT2D eigenvalue weighted by Gasteiger charge is -2.21. The van der Waals surface area contributed by atoms with Crippen LogP contribution in [-0.4, -0.2) is 48.3 Å². The SMILES string of the molecule is CC(NC(=O)N[C@H](CCC(N)=O)C(=O)O)C1CCOC1. The summed E-state index contributed by atoms with van der Waals surface area (Å²) in [6, 6.07) is -1.81. The van der Waals surface area contributed by atoms with Crippen LogP contribution in [0.3, 0.4) is 0 Å². The minimum Gasteiger partial charge on any atom is -0.480 e. The maximum atomic E-state index is 11.7. The number of hydrogen-bond donors (Lipinski definition) is 4. The highest BCUT2D eigenvalue weighted by Gasteiger charge is 2.25. The van der Waals surface area contributed by atoms with Crippen LogP contribution >= 0.6 is 0 Å². The smallest absolute Gasteiger partial charge is 0.326 e. The second-order valence-electron chi connectivity index (χ2n) is 4.93. The highest BCUT2D eigenvalue weighted by Crippen LogP contribution is 2.16. The molecule has 5 N–H and O–H groups in total. The second kappa shape index (κ2) is 7.68. The van der Waals surface area contributed by atoms with Gasteiger partial charge in [0.2, 0.25) is 5.91 Å². The van der Waals surface area contributed by atoms with E-state index in [1.807, 2.05) is 6.92 Å². The van der Waals surface area contributed by atoms with Crippen LogP contribution < -0.4 is 16.4 Å². The van der Waals surface area contributed by atoms with Crippen molar-refractivity contribution in [3.05, 3.63) is 0 Å². The Balaban J connectivity index is 2.40. The van der Waals surface area contributed by atoms with Gasteiger partial charge in [-0.05, 0) is 19.8 Å². The summed E-state index contributed by atoms with van der Waals surface area (Å²) in [5.41, 5.74) is 4.96. The lowest BCUT2D eigenvalue weighted by molar-refractivity contribution is -0.139. The molecule has 2 unspecified atom stereocenters. The zero-order valence-electron chi connectivity index (χ0n) is 11.4. The number of carboxylic acids is 1. The van der Waals surface area contributed by atoms with Crippen molar-refractivity contribution >= 4 is 17.9 Å². The number of carboxylic acid groups (broad SMARTS) is 1. The van der Waals surface area contributed by atoms with Gasteiger partial charge in [-0.25, -0.2) is 9.59 Å². The van der Waals surface area contributed by atoms with Gasteiger partial charge in [-0.15, -0.1) is 0 Å². The number of carbonyl (C=O) groups is 3. The summed E-state index contributed by atoms with van der Waals surface area (Å²) in [6.45, 7) is 3.11. The van der Waals surface area contributed by atoms with E-state index in [2.05, 4.69) is 10.6 Å². The van der Waals surface area contributed by atoms with Crippen LogP contribution in [0, 0.1) is 5.92 Å². The van der Waals surface area contributed by atoms with Crippen LogP contribution in [0.5, 0.6) is 0 Å². The van der Waals surface area contributed by atoms with Crippen molar-refractivity contribution in [1.82, 2.24) is 10.6 Å². The maximum Gasteiger partial charge on any atom is 0.326 e. The van der Waals surface area contributed by atoms with Crippen LogP contribution in [0.4, 0.5) is 4.79 Å². The van der Waals surface area contributed by atoms with E-state index in [0.717, 1.165) is 6.42 Å². The number of nitrogens with one attached hydrogen (secondary N) is 2. The third kappa shape index (κ3) is 5.43. The van der Waals surface area contributed by atoms with Gasteiger partial charge >= 0.3 is 12.0 Å². The quantitative estimate of drug-likeness (QED) is 0.498. The van der Waals surface area contributed by atoms with E-state index in [1.54, 1.807) is 0 Å². The summed E-state index contributed by atoms with van der Waals surface area (Å²) in [4.78, 5) is 33.4. The fourth-order valence-corrected chi connectivity index (χ4v) is 2.02. The third-order valence-corrected chi connectivity index (χ3v) is 3.31. The molecule has 0 saturated carbocycles. The van der Waals surface area contributed by atoms with Crippen molar-refractivity contribution in [2.24, 2.45) is 11.7 Å². The first-order chi connectivity index (χ1) is 9.40. The van der Waals surface area contributed by atoms with Crippen molar-refractivity contribution in [3.8, 4) is 0 Å². The maximum absolute atomic E-state index is 11.7. The van der Waals surface area contributed by atoms with E-state index >= 15 is 0 Å². The van der Waals surface area contributed by atoms with Crippen molar-refractivity contribution in [1.29, 1.82) is 0 Å². The first-order valence-corrected chi connectivity index (χ1v) is 6.56. The lowest BCUT2D eigenvalue weighted by atomic mass is 10.0. The molecule has 1 fully saturated rings. The number of urea groups is 1. The molecular weight excluding hydrogens is 266 g/mol. The van der Waals surface area contributed by atoms with E-state index in [1.165, 1.54) is 0 Å². The van der Waals surface area contributed by atoms with Crippen LogP contribution in [0.15, 0.2) is 0 Å². The molecule has 0 aromatic rings. The molecule has 0 aromatic heterocycles. The third-order valence-electron chi connectivity index (χ3n) is 3.31. The molecule has 8 nitrogen and oxygen atoms in total. The van der Waals surface area contributed by atoms with Crippen LogP contribution in [-0.2, 0) is 14.3 Å². The Hall–Kier alpha value is -1.83. The highest BCUT2D eigenvalue weighted by atomic mass is 16.5. The normalized spacial score (nSPS) is 20.9. The topological polar surface area (TPSA) is 131 Å². The molecular formula is C12H21N3O5. The van der Waals surface area contributed by atoms with Crippen LogP contribution in [0.1, 0.15) is 26.2 Å². The predicted octanol–water partition coefficient (Wildman–Crippen LogP) is -0.571. The molecule has 1 aliphatic heterocycles. The zero-order valence-corrected chi connectivity index (χ0v) is 11.4. The average molecular weight is 287 g/mol. The Kier molecular flexibility index (Phi) is 6.23. The van der Waals surface area contributed by atoms with Gasteiger partial charge in [-0.1, -0.05) is 0 Å². The van der Waals surface area contributed by atoms with Gasteiger partial charge in [-0.3, -0.25) is 4.79 Å². The fraction of sp³-hybridized carbons (Fsp3) is 0.750. The first-order valence-electron chi connectivity index (χ1n) is 6.56. The van der Waals surface area contributed by atoms with E-state index in [9.17, 15) is 14.4 Å². The number of rotatable bonds is 7. The number of ether oxygens (including phenoxy) is 1. The minimum atomic E-state index is -1.20. The van der Waals surface area contributed by atoms with E-state index < -0.39 is 23.9 Å². The number of amides is 3. The van der Waals surface area contributed by atoms with Crippen molar-refractivity contribution in [2.45, 2.75) is 38.3 Å². The molecule has 1 saturated heterocycles. The summed E-state index contributed by atoms with van der Waals surface area (Å²) >= 11 is 0. The Bertz CT molecular complexity index is 368. The van der Waals surface area contributed by atoms with Crippen molar-refractivity contribution < 1.29 is 24.2 Å². The molecule has 0 bridgehead atoms. The summed E-state index contributed by atoms with van der Waals surface area (Å²) < 4.78 is 5.23. The molecule has 114 valence electrons. The van der Waals surface area contributed by atoms with Gasteiger partial charge in [0.1, 0.15) is 6.04 Å². The molecule has 0 radical (unpaired) electrons. The summed E-state index contributed by atoms with van der Waals surface area (Å²) in [6.07, 6.45) is 0.744. The van der Waals surface area contributed by atoms with E-state index in [0.29, 0.717) is 13.2 Å². The molecule has 1 rings (SSSR count). The van der Waals surface area contributed by atoms with Crippen molar-refractivity contribution in [2.75, 3.05) is 13.2 Å². The molecule has 3 atom stereocenters. The molecule has 1 aliphatic rings. The largest absolute Gasteiger partial charge is 0.480 e. The van der Waals surface area contributed by atoms with Gasteiger partial charge < -0.3 is 26.2 Å². The van der Waals surface area contributed by atoms with E-state index in [4.69, 9.17) is 15.6 Å². The van der Waals surface area contributed by atoms with Gasteiger partial charge in [-0.2, -0.15) is 0 Å². The average Bonchev–Trinajstić information content (AvgIpc) is 2.87. The van der Waals surface area contributed by atoms with Crippen LogP contribution in [0.2, 0.25) is 0 Å². The minimum absolute atomic E-state index is 0.0288. The summed E-state index contributed by atoms with van der Waals surface area (Å²) in [5.74, 6) is -1.57. The molecule has 1 heterocycles. The number of nitrogens with two attached hydrogens (primary N) is 1. The van der Waals surface area contributed by atoms with Gasteiger partial charge in [0.25, 0.3) is 0 Å². The predicted molar refractivity (Wildman–Crippen MR) is 69.9 cm³/mol. The lowest BCUT2D eigenvalue weighted by Crippen LogP contribution is -2.50. The van der Waals surface area contributed by atoms with Crippen LogP contribution in [0.25, 0.3) is 0 Å². The standard InChI is InChI=1S/C12H21N3O5/c1-7(8-4-5-20-6-8)14-12(19)15-9(11(17)18)2-3-10(13)16/h7-9H,2-6H2,1H3,(H2,13,16)(H,17,18)(H2,14,15,19)/t7?,8?,9-/m1/s1. The number of aliphatic carboxylic acids is 1. The van der Waals surface area contributed by atoms with Crippen molar-refractivity contribution in [3.63, 3.8) is 0 Å². The fourth-order valence-electron chi connectivity index (χ4n) is 2.02. The molecule has 0 aromatic carbocycles. The molecule has 20 heavy (non-hydrogen) atoms. The van der Waals surface area contributed by atoms with Gasteiger partial charge in [0.05, 0.1) is 6.61 Å². The Morgan fingerprint density at radius 1 is 1.40 bits per heavy atom. The summed E-state index contributed by atoms with van der Waals surface area (Å²) in [7, 11) is 0. The monoisotopic (exact) mass is 287 g/mol. The molecule has 8 heteroatoms. The van der Waals surface area contributed by atoms with E-state index in [-0.39, 0.29) is 24.8 Å². The first kappa shape index (κ1) is 16.2. The number of carbonyl (C=O) groups excluding carboxylic acids is 2. The highest BCUT2D eigenvalue weighted by molar-refractivity contribution is 5.83. The Labute approximate surface area is 117 Å². The zero-order chi connectivity index (χ0) is 15.1. The Morgan fingerprint density at radius 3 is 2.60 bits per heavy atom. The second-order valence-corrected chi connectivity index (χ2v) is 4.93. The number of primary amides is 1. The Morgan fingerprint density at radius 2 is 2.10 bits per heavy atom. The number of hydrogen-bond acceptors (Lipinski definition) is 4. The molecule has 0 aliphatic carbocycles. The van der Waals surface area contributed by atoms with Gasteiger partial charge in [0.15, 0.2) is 0 Å². The molecule has 3 amide bonds. The van der Waals surface area contributed by atoms with Gasteiger partial charge in [0, 0.05) is 25.0 Å². The molecule has 0 spiro atoms.